The summed E-state index contributed by atoms with van der Waals surface area (Å²) in [6.45, 7) is 7.23. The van der Waals surface area contributed by atoms with E-state index in [-0.39, 0.29) is 18.2 Å². The molecule has 0 aliphatic rings. The fraction of sp³-hybridized carbons (Fsp3) is 0.700. The van der Waals surface area contributed by atoms with Gasteiger partial charge in [0.2, 0.25) is 0 Å². The van der Waals surface area contributed by atoms with Crippen molar-refractivity contribution in [1.82, 2.24) is 15.0 Å². The monoisotopic (exact) mass is 227 g/mol. The standard InChI is InChI=1S/C10H17N3O3/c1-6(2)8-7(9(14)15)11-12-13(8)5-10(3,4)16/h6,16H,5H2,1-4H3,(H,14,15). The van der Waals surface area contributed by atoms with E-state index < -0.39 is 11.6 Å². The van der Waals surface area contributed by atoms with Crippen LogP contribution in [-0.2, 0) is 6.54 Å². The summed E-state index contributed by atoms with van der Waals surface area (Å²) < 4.78 is 1.45. The van der Waals surface area contributed by atoms with Crippen LogP contribution in [0.3, 0.4) is 0 Å². The molecular weight excluding hydrogens is 210 g/mol. The summed E-state index contributed by atoms with van der Waals surface area (Å²) in [4.78, 5) is 10.9. The van der Waals surface area contributed by atoms with Crippen LogP contribution in [-0.4, -0.2) is 36.8 Å². The van der Waals surface area contributed by atoms with Crippen LogP contribution in [0.15, 0.2) is 0 Å². The Morgan fingerprint density at radius 3 is 2.44 bits per heavy atom. The van der Waals surface area contributed by atoms with E-state index in [1.807, 2.05) is 13.8 Å². The van der Waals surface area contributed by atoms with Gasteiger partial charge < -0.3 is 10.2 Å². The first-order valence-electron chi connectivity index (χ1n) is 5.11. The van der Waals surface area contributed by atoms with Crippen LogP contribution < -0.4 is 0 Å². The minimum atomic E-state index is -1.09. The van der Waals surface area contributed by atoms with E-state index in [0.29, 0.717) is 5.69 Å². The maximum Gasteiger partial charge on any atom is 0.358 e. The lowest BCUT2D eigenvalue weighted by Gasteiger charge is -2.19. The molecule has 0 radical (unpaired) electrons. The Morgan fingerprint density at radius 1 is 1.50 bits per heavy atom. The summed E-state index contributed by atoms with van der Waals surface area (Å²) >= 11 is 0. The Labute approximate surface area is 93.9 Å². The number of hydrogen-bond acceptors (Lipinski definition) is 4. The molecule has 2 N–H and O–H groups in total. The number of aliphatic hydroxyl groups is 1. The van der Waals surface area contributed by atoms with Crippen LogP contribution in [0.25, 0.3) is 0 Å². The van der Waals surface area contributed by atoms with E-state index in [1.165, 1.54) is 4.68 Å². The average Bonchev–Trinajstić information content (AvgIpc) is 2.44. The molecule has 16 heavy (non-hydrogen) atoms. The highest BCUT2D eigenvalue weighted by molar-refractivity contribution is 5.86. The number of carboxylic acids is 1. The lowest BCUT2D eigenvalue weighted by Crippen LogP contribution is -2.28. The molecule has 0 amide bonds. The SMILES string of the molecule is CC(C)c1c(C(=O)O)nnn1CC(C)(C)O. The van der Waals surface area contributed by atoms with Crippen LogP contribution in [0, 0.1) is 0 Å². The molecule has 1 aromatic heterocycles. The molecule has 0 bridgehead atoms. The molecule has 0 aromatic carbocycles. The summed E-state index contributed by atoms with van der Waals surface area (Å²) in [7, 11) is 0. The molecule has 1 aromatic rings. The first-order valence-corrected chi connectivity index (χ1v) is 5.11. The van der Waals surface area contributed by atoms with Crippen molar-refractivity contribution in [3.8, 4) is 0 Å². The highest BCUT2D eigenvalue weighted by atomic mass is 16.4. The number of carbonyl (C=O) groups is 1. The fourth-order valence-corrected chi connectivity index (χ4v) is 1.53. The zero-order chi connectivity index (χ0) is 12.5. The van der Waals surface area contributed by atoms with Crippen LogP contribution in [0.2, 0.25) is 0 Å². The van der Waals surface area contributed by atoms with Gasteiger partial charge in [-0.25, -0.2) is 9.48 Å². The van der Waals surface area contributed by atoms with Crippen molar-refractivity contribution in [2.45, 2.75) is 45.8 Å². The van der Waals surface area contributed by atoms with Crippen molar-refractivity contribution in [2.24, 2.45) is 0 Å². The van der Waals surface area contributed by atoms with E-state index in [2.05, 4.69) is 10.3 Å². The Bertz CT molecular complexity index is 391. The topological polar surface area (TPSA) is 88.2 Å². The largest absolute Gasteiger partial charge is 0.476 e. The van der Waals surface area contributed by atoms with E-state index in [4.69, 9.17) is 5.11 Å². The van der Waals surface area contributed by atoms with Crippen LogP contribution in [0.4, 0.5) is 0 Å². The molecule has 0 unspecified atom stereocenters. The minimum absolute atomic E-state index is 0.0107. The lowest BCUT2D eigenvalue weighted by molar-refractivity contribution is 0.0556. The van der Waals surface area contributed by atoms with Gasteiger partial charge in [-0.1, -0.05) is 19.1 Å². The van der Waals surface area contributed by atoms with Crippen molar-refractivity contribution in [3.05, 3.63) is 11.4 Å². The summed E-state index contributed by atoms with van der Waals surface area (Å²) in [5, 5.41) is 26.0. The third kappa shape index (κ3) is 2.79. The molecule has 0 aliphatic carbocycles. The van der Waals surface area contributed by atoms with E-state index in [9.17, 15) is 9.90 Å². The predicted molar refractivity (Wildman–Crippen MR) is 57.4 cm³/mol. The number of aromatic nitrogens is 3. The van der Waals surface area contributed by atoms with Gasteiger partial charge in [0.05, 0.1) is 17.8 Å². The van der Waals surface area contributed by atoms with E-state index in [1.54, 1.807) is 13.8 Å². The second-order valence-electron chi connectivity index (χ2n) is 4.75. The van der Waals surface area contributed by atoms with Gasteiger partial charge in [0, 0.05) is 0 Å². The van der Waals surface area contributed by atoms with Gasteiger partial charge in [-0.3, -0.25) is 0 Å². The van der Waals surface area contributed by atoms with Gasteiger partial charge in [0.15, 0.2) is 5.69 Å². The van der Waals surface area contributed by atoms with Crippen molar-refractivity contribution in [2.75, 3.05) is 0 Å². The zero-order valence-electron chi connectivity index (χ0n) is 9.93. The predicted octanol–water partition coefficient (Wildman–Crippen LogP) is 0.871. The van der Waals surface area contributed by atoms with E-state index >= 15 is 0 Å². The van der Waals surface area contributed by atoms with Crippen molar-refractivity contribution >= 4 is 5.97 Å². The summed E-state index contributed by atoms with van der Waals surface area (Å²) in [5.41, 5.74) is -0.457. The quantitative estimate of drug-likeness (QED) is 0.796. The molecule has 1 rings (SSSR count). The third-order valence-electron chi connectivity index (χ3n) is 2.06. The first-order chi connectivity index (χ1) is 7.22. The lowest BCUT2D eigenvalue weighted by atomic mass is 10.1. The second kappa shape index (κ2) is 4.21. The smallest absolute Gasteiger partial charge is 0.358 e. The number of aromatic carboxylic acids is 1. The summed E-state index contributed by atoms with van der Waals surface area (Å²) in [6, 6.07) is 0. The summed E-state index contributed by atoms with van der Waals surface area (Å²) in [6.07, 6.45) is 0. The molecule has 0 spiro atoms. The number of carboxylic acid groups (broad SMARTS) is 1. The second-order valence-corrected chi connectivity index (χ2v) is 4.75. The average molecular weight is 227 g/mol. The van der Waals surface area contributed by atoms with Gasteiger partial charge in [-0.15, -0.1) is 5.10 Å². The molecule has 6 heteroatoms. The molecule has 0 aliphatic heterocycles. The van der Waals surface area contributed by atoms with Gasteiger partial charge in [0.25, 0.3) is 0 Å². The van der Waals surface area contributed by atoms with Crippen LogP contribution in [0.5, 0.6) is 0 Å². The molecular formula is C10H17N3O3. The molecule has 0 fully saturated rings. The van der Waals surface area contributed by atoms with Gasteiger partial charge in [-0.05, 0) is 19.8 Å². The molecule has 0 atom stereocenters. The van der Waals surface area contributed by atoms with Crippen molar-refractivity contribution in [1.29, 1.82) is 0 Å². The highest BCUT2D eigenvalue weighted by Crippen LogP contribution is 2.19. The normalized spacial score (nSPS) is 12.1. The van der Waals surface area contributed by atoms with Gasteiger partial charge >= 0.3 is 5.97 Å². The first kappa shape index (κ1) is 12.6. The molecule has 0 saturated heterocycles. The Morgan fingerprint density at radius 2 is 2.06 bits per heavy atom. The number of hydrogen-bond donors (Lipinski definition) is 2. The van der Waals surface area contributed by atoms with Crippen LogP contribution in [0.1, 0.15) is 49.8 Å². The zero-order valence-corrected chi connectivity index (χ0v) is 9.93. The van der Waals surface area contributed by atoms with Gasteiger partial charge in [-0.2, -0.15) is 0 Å². The minimum Gasteiger partial charge on any atom is -0.476 e. The molecule has 6 nitrogen and oxygen atoms in total. The van der Waals surface area contributed by atoms with Crippen molar-refractivity contribution in [3.63, 3.8) is 0 Å². The molecule has 90 valence electrons. The maximum absolute atomic E-state index is 10.9. The van der Waals surface area contributed by atoms with Gasteiger partial charge in [0.1, 0.15) is 0 Å². The molecule has 1 heterocycles. The third-order valence-corrected chi connectivity index (χ3v) is 2.06. The summed E-state index contributed by atoms with van der Waals surface area (Å²) in [5.74, 6) is -1.10. The fourth-order valence-electron chi connectivity index (χ4n) is 1.53. The van der Waals surface area contributed by atoms with Crippen LogP contribution >= 0.6 is 0 Å². The Hall–Kier alpha value is -1.43. The number of nitrogens with zero attached hydrogens (tertiary/aromatic N) is 3. The van der Waals surface area contributed by atoms with Crippen molar-refractivity contribution < 1.29 is 15.0 Å². The molecule has 0 saturated carbocycles. The Kier molecular flexibility index (Phi) is 3.32. The maximum atomic E-state index is 10.9. The number of rotatable bonds is 4. The Balaban J connectivity index is 3.16. The highest BCUT2D eigenvalue weighted by Gasteiger charge is 2.24. The van der Waals surface area contributed by atoms with E-state index in [0.717, 1.165) is 0 Å².